The summed E-state index contributed by atoms with van der Waals surface area (Å²) in [6.45, 7) is 0. The second-order valence-corrected chi connectivity index (χ2v) is 14.2. The SMILES string of the molecule is IC12C3C4CC(C31)C1C4C12C12C3C4CC(C5C4C51I)C32. The Kier molecular flexibility index (Phi) is 0.931. The van der Waals surface area contributed by atoms with E-state index in [-0.39, 0.29) is 0 Å². The van der Waals surface area contributed by atoms with E-state index in [2.05, 4.69) is 45.2 Å². The maximum absolute atomic E-state index is 3.08. The summed E-state index contributed by atoms with van der Waals surface area (Å²) in [6.07, 6.45) is 3.38. The van der Waals surface area contributed by atoms with Crippen molar-refractivity contribution in [2.24, 2.45) is 81.8 Å². The van der Waals surface area contributed by atoms with E-state index in [1.165, 1.54) is 71.0 Å². The van der Waals surface area contributed by atoms with Crippen molar-refractivity contribution in [2.75, 3.05) is 0 Å². The molecule has 20 heavy (non-hydrogen) atoms. The lowest BCUT2D eigenvalue weighted by atomic mass is 9.75. The van der Waals surface area contributed by atoms with E-state index in [0.717, 1.165) is 17.7 Å². The summed E-state index contributed by atoms with van der Waals surface area (Å²) >= 11 is 6.17. The Morgan fingerprint density at radius 3 is 1.00 bits per heavy atom. The molecule has 2 heteroatoms. The number of hydrogen-bond acceptors (Lipinski definition) is 0. The predicted molar refractivity (Wildman–Crippen MR) is 89.5 cm³/mol. The van der Waals surface area contributed by atoms with E-state index in [4.69, 9.17) is 0 Å². The first-order valence-corrected chi connectivity index (χ1v) is 11.2. The van der Waals surface area contributed by atoms with Crippen molar-refractivity contribution in [2.45, 2.75) is 19.7 Å². The topological polar surface area (TPSA) is 0 Å². The molecule has 12 atom stereocenters. The molecule has 0 amide bonds. The van der Waals surface area contributed by atoms with Crippen LogP contribution in [-0.4, -0.2) is 6.84 Å². The Morgan fingerprint density at radius 1 is 0.500 bits per heavy atom. The van der Waals surface area contributed by atoms with E-state index in [1.54, 1.807) is 12.8 Å². The van der Waals surface area contributed by atoms with Gasteiger partial charge in [-0.1, -0.05) is 45.2 Å². The third kappa shape index (κ3) is 0.428. The van der Waals surface area contributed by atoms with Crippen LogP contribution in [-0.2, 0) is 0 Å². The van der Waals surface area contributed by atoms with Crippen molar-refractivity contribution >= 4 is 45.2 Å². The summed E-state index contributed by atoms with van der Waals surface area (Å²) in [6, 6.07) is 0. The van der Waals surface area contributed by atoms with Crippen LogP contribution in [0.3, 0.4) is 0 Å². The molecular formula is C18H16I2. The number of hydrogen-bond donors (Lipinski definition) is 0. The Bertz CT molecular complexity index is 626. The molecule has 12 saturated carbocycles. The first-order chi connectivity index (χ1) is 9.69. The minimum Gasteiger partial charge on any atom is -0.0776 e. The molecule has 0 aliphatic heterocycles. The summed E-state index contributed by atoms with van der Waals surface area (Å²) in [4.78, 5) is 0. The molecule has 4 bridgehead atoms. The third-order valence-corrected chi connectivity index (χ3v) is 16.5. The molecule has 0 heterocycles. The molecule has 0 aromatic carbocycles. The molecule has 12 aliphatic rings. The normalized spacial score (nSPS) is 106. The zero-order chi connectivity index (χ0) is 12.3. The molecule has 102 valence electrons. The van der Waals surface area contributed by atoms with Gasteiger partial charge in [-0.25, -0.2) is 0 Å². The fourth-order valence-corrected chi connectivity index (χ4v) is 18.4. The van der Waals surface area contributed by atoms with E-state index in [9.17, 15) is 0 Å². The summed E-state index contributed by atoms with van der Waals surface area (Å²) in [7, 11) is 0. The first-order valence-electron chi connectivity index (χ1n) is 9.07. The fourth-order valence-electron chi connectivity index (χ4n) is 13.0. The van der Waals surface area contributed by atoms with Crippen LogP contribution in [0, 0.1) is 81.8 Å². The highest BCUT2D eigenvalue weighted by Crippen LogP contribution is 3.17. The summed E-state index contributed by atoms with van der Waals surface area (Å²) in [5, 5.41) is 0. The molecule has 12 aliphatic carbocycles. The van der Waals surface area contributed by atoms with Gasteiger partial charge in [-0.3, -0.25) is 0 Å². The first kappa shape index (κ1) is 9.68. The largest absolute Gasteiger partial charge is 0.0776 e. The highest BCUT2D eigenvalue weighted by molar-refractivity contribution is 14.1. The van der Waals surface area contributed by atoms with Crippen LogP contribution in [0.25, 0.3) is 0 Å². The number of alkyl halides is 2. The molecule has 12 rings (SSSR count). The van der Waals surface area contributed by atoms with E-state index in [0.29, 0.717) is 0 Å². The average molecular weight is 486 g/mol. The highest BCUT2D eigenvalue weighted by Gasteiger charge is 3.16. The second-order valence-electron chi connectivity index (χ2n) is 10.6. The maximum Gasteiger partial charge on any atom is 0.0358 e. The van der Waals surface area contributed by atoms with Gasteiger partial charge in [-0.15, -0.1) is 0 Å². The minimum atomic E-state index is 0.873. The molecular weight excluding hydrogens is 470 g/mol. The average Bonchev–Trinajstić information content (AvgIpc) is 3.32. The number of halogens is 2. The van der Waals surface area contributed by atoms with Gasteiger partial charge in [0.1, 0.15) is 0 Å². The molecule has 0 aromatic rings. The second kappa shape index (κ2) is 1.92. The Balaban J connectivity index is 1.37. The Hall–Kier alpha value is 1.46. The molecule has 0 N–H and O–H groups in total. The summed E-state index contributed by atoms with van der Waals surface area (Å²) < 4.78 is 1.75. The van der Waals surface area contributed by atoms with Gasteiger partial charge < -0.3 is 0 Å². The molecule has 0 spiro atoms. The van der Waals surface area contributed by atoms with Gasteiger partial charge in [0.05, 0.1) is 0 Å². The van der Waals surface area contributed by atoms with Crippen LogP contribution in [0.2, 0.25) is 0 Å². The van der Waals surface area contributed by atoms with Crippen molar-refractivity contribution in [1.29, 1.82) is 0 Å². The van der Waals surface area contributed by atoms with Gasteiger partial charge in [-0.05, 0) is 94.7 Å². The van der Waals surface area contributed by atoms with E-state index >= 15 is 0 Å². The standard InChI is InChI=1S/C18H16I2/c19-17-11-3-1-4(12(11)17)8-7(3)15(8,17)16-9-5-2-6(10(9)16)14-13(5)18(14,16)20/h3-14H,1-2H2. The molecule has 0 nitrogen and oxygen atoms in total. The monoisotopic (exact) mass is 486 g/mol. The zero-order valence-electron chi connectivity index (χ0n) is 11.1. The fraction of sp³-hybridized carbons (Fsp3) is 1.00. The van der Waals surface area contributed by atoms with Crippen molar-refractivity contribution in [3.05, 3.63) is 0 Å². The van der Waals surface area contributed by atoms with Crippen molar-refractivity contribution in [1.82, 2.24) is 0 Å². The van der Waals surface area contributed by atoms with Crippen LogP contribution in [0.15, 0.2) is 0 Å². The predicted octanol–water partition coefficient (Wildman–Crippen LogP) is 3.62. The molecule has 0 saturated heterocycles. The van der Waals surface area contributed by atoms with Crippen LogP contribution < -0.4 is 0 Å². The van der Waals surface area contributed by atoms with Crippen LogP contribution >= 0.6 is 45.2 Å². The van der Waals surface area contributed by atoms with E-state index in [1.807, 2.05) is 0 Å². The van der Waals surface area contributed by atoms with Crippen LogP contribution in [0.4, 0.5) is 0 Å². The molecule has 12 unspecified atom stereocenters. The lowest BCUT2D eigenvalue weighted by Gasteiger charge is -2.36. The summed E-state index contributed by atoms with van der Waals surface area (Å²) in [5.41, 5.74) is 1.91. The minimum absolute atomic E-state index is 0.873. The zero-order valence-corrected chi connectivity index (χ0v) is 15.4. The highest BCUT2D eigenvalue weighted by atomic mass is 127. The molecule has 0 aromatic heterocycles. The smallest absolute Gasteiger partial charge is 0.0358 e. The van der Waals surface area contributed by atoms with Crippen molar-refractivity contribution < 1.29 is 0 Å². The van der Waals surface area contributed by atoms with Crippen LogP contribution in [0.1, 0.15) is 12.8 Å². The lowest BCUT2D eigenvalue weighted by Crippen LogP contribution is -2.38. The summed E-state index contributed by atoms with van der Waals surface area (Å²) in [5.74, 6) is 15.0. The van der Waals surface area contributed by atoms with Gasteiger partial charge in [0.2, 0.25) is 0 Å². The van der Waals surface area contributed by atoms with Gasteiger partial charge in [0, 0.05) is 6.84 Å². The number of rotatable bonds is 1. The Morgan fingerprint density at radius 2 is 0.800 bits per heavy atom. The van der Waals surface area contributed by atoms with Gasteiger partial charge in [0.15, 0.2) is 0 Å². The molecule has 0 radical (unpaired) electrons. The third-order valence-electron chi connectivity index (χ3n) is 11.9. The van der Waals surface area contributed by atoms with Crippen molar-refractivity contribution in [3.8, 4) is 0 Å². The van der Waals surface area contributed by atoms with E-state index < -0.39 is 0 Å². The van der Waals surface area contributed by atoms with Crippen LogP contribution in [0.5, 0.6) is 0 Å². The Labute approximate surface area is 145 Å². The molecule has 12 fully saturated rings. The van der Waals surface area contributed by atoms with Gasteiger partial charge in [-0.2, -0.15) is 0 Å². The van der Waals surface area contributed by atoms with Gasteiger partial charge in [0.25, 0.3) is 0 Å². The quantitative estimate of drug-likeness (QED) is 0.393. The van der Waals surface area contributed by atoms with Crippen molar-refractivity contribution in [3.63, 3.8) is 0 Å². The maximum atomic E-state index is 3.08. The van der Waals surface area contributed by atoms with Gasteiger partial charge >= 0.3 is 0 Å². The lowest BCUT2D eigenvalue weighted by molar-refractivity contribution is 0.207.